The third-order valence-electron chi connectivity index (χ3n) is 3.94. The average molecular weight is 225 g/mol. The third-order valence-corrected chi connectivity index (χ3v) is 3.94. The van der Waals surface area contributed by atoms with Gasteiger partial charge in [-0.3, -0.25) is 4.90 Å². The summed E-state index contributed by atoms with van der Waals surface area (Å²) in [6.07, 6.45) is 4.21. The summed E-state index contributed by atoms with van der Waals surface area (Å²) in [6.45, 7) is 14.4. The predicted molar refractivity (Wildman–Crippen MR) is 68.3 cm³/mol. The molecule has 94 valence electrons. The fraction of sp³-hybridized carbons (Fsp3) is 1.00. The van der Waals surface area contributed by atoms with Gasteiger partial charge in [0, 0.05) is 44.8 Å². The Morgan fingerprint density at radius 1 is 0.625 bits per heavy atom. The number of hydrogen-bond acceptors (Lipinski definition) is 3. The van der Waals surface area contributed by atoms with Gasteiger partial charge in [0.2, 0.25) is 0 Å². The summed E-state index contributed by atoms with van der Waals surface area (Å²) in [5.74, 6) is 0. The van der Waals surface area contributed by atoms with Gasteiger partial charge in [0.15, 0.2) is 0 Å². The average Bonchev–Trinajstić information content (AvgIpc) is 2.29. The van der Waals surface area contributed by atoms with E-state index in [9.17, 15) is 0 Å². The molecule has 0 atom stereocenters. The highest BCUT2D eigenvalue weighted by atomic mass is 15.6. The van der Waals surface area contributed by atoms with Crippen LogP contribution in [-0.2, 0) is 0 Å². The Balaban J connectivity index is 1.80. The summed E-state index contributed by atoms with van der Waals surface area (Å²) in [4.78, 5) is 2.60. The monoisotopic (exact) mass is 225 g/mol. The molecule has 0 aromatic carbocycles. The maximum atomic E-state index is 2.60. The number of piperidine rings is 1. The van der Waals surface area contributed by atoms with Gasteiger partial charge in [-0.05, 0) is 33.6 Å². The number of piperazine rings is 1. The van der Waals surface area contributed by atoms with E-state index in [-0.39, 0.29) is 0 Å². The summed E-state index contributed by atoms with van der Waals surface area (Å²) in [5.41, 5.74) is 0.341. The molecule has 2 fully saturated rings. The van der Waals surface area contributed by atoms with E-state index in [0.29, 0.717) is 5.54 Å². The van der Waals surface area contributed by atoms with Crippen molar-refractivity contribution in [2.75, 3.05) is 39.3 Å². The molecule has 0 spiro atoms. The van der Waals surface area contributed by atoms with E-state index in [4.69, 9.17) is 0 Å². The zero-order chi connectivity index (χ0) is 11.6. The minimum Gasteiger partial charge on any atom is -0.296 e. The molecule has 3 heteroatoms. The molecule has 0 amide bonds. The predicted octanol–water partition coefficient (Wildman–Crippen LogP) is 1.80. The number of hydrazine groups is 1. The lowest BCUT2D eigenvalue weighted by atomic mass is 10.1. The quantitative estimate of drug-likeness (QED) is 0.674. The Bertz CT molecular complexity index is 208. The van der Waals surface area contributed by atoms with Gasteiger partial charge in [0.25, 0.3) is 0 Å². The molecule has 0 unspecified atom stereocenters. The fourth-order valence-corrected chi connectivity index (χ4v) is 2.81. The van der Waals surface area contributed by atoms with Crippen molar-refractivity contribution in [2.24, 2.45) is 0 Å². The summed E-state index contributed by atoms with van der Waals surface area (Å²) in [6, 6.07) is 0. The van der Waals surface area contributed by atoms with E-state index < -0.39 is 0 Å². The van der Waals surface area contributed by atoms with E-state index in [2.05, 4.69) is 35.7 Å². The van der Waals surface area contributed by atoms with Gasteiger partial charge in [-0.25, -0.2) is 10.0 Å². The van der Waals surface area contributed by atoms with Crippen LogP contribution in [-0.4, -0.2) is 59.7 Å². The molecule has 16 heavy (non-hydrogen) atoms. The molecule has 0 aliphatic carbocycles. The Kier molecular flexibility index (Phi) is 3.88. The number of nitrogens with zero attached hydrogens (tertiary/aromatic N) is 3. The van der Waals surface area contributed by atoms with E-state index in [0.717, 1.165) is 0 Å². The van der Waals surface area contributed by atoms with Gasteiger partial charge in [0.1, 0.15) is 0 Å². The van der Waals surface area contributed by atoms with Crippen molar-refractivity contribution in [2.45, 2.75) is 45.6 Å². The van der Waals surface area contributed by atoms with Crippen molar-refractivity contribution in [3.63, 3.8) is 0 Å². The molecular formula is C13H27N3. The zero-order valence-corrected chi connectivity index (χ0v) is 11.2. The topological polar surface area (TPSA) is 9.72 Å². The summed E-state index contributed by atoms with van der Waals surface area (Å²) < 4.78 is 0. The Morgan fingerprint density at radius 3 is 1.62 bits per heavy atom. The fourth-order valence-electron chi connectivity index (χ4n) is 2.81. The van der Waals surface area contributed by atoms with Crippen LogP contribution in [0.25, 0.3) is 0 Å². The molecule has 0 aromatic rings. The molecule has 2 heterocycles. The highest BCUT2D eigenvalue weighted by Gasteiger charge is 2.28. The molecule has 0 N–H and O–H groups in total. The molecule has 0 saturated carbocycles. The van der Waals surface area contributed by atoms with Crippen LogP contribution in [0, 0.1) is 0 Å². The van der Waals surface area contributed by atoms with E-state index in [1.807, 2.05) is 0 Å². The second-order valence-corrected chi connectivity index (χ2v) is 6.13. The Hall–Kier alpha value is -0.120. The van der Waals surface area contributed by atoms with Crippen molar-refractivity contribution in [3.05, 3.63) is 0 Å². The van der Waals surface area contributed by atoms with Gasteiger partial charge in [0.05, 0.1) is 0 Å². The SMILES string of the molecule is CC(C)(C)N1CCN(N2CCCCC2)CC1. The van der Waals surface area contributed by atoms with Crippen molar-refractivity contribution in [1.82, 2.24) is 14.9 Å². The normalized spacial score (nSPS) is 27.2. The van der Waals surface area contributed by atoms with Crippen LogP contribution in [0.3, 0.4) is 0 Å². The third kappa shape index (κ3) is 2.96. The second kappa shape index (κ2) is 5.03. The first kappa shape index (κ1) is 12.3. The summed E-state index contributed by atoms with van der Waals surface area (Å²) >= 11 is 0. The van der Waals surface area contributed by atoms with E-state index >= 15 is 0 Å². The Morgan fingerprint density at radius 2 is 1.12 bits per heavy atom. The van der Waals surface area contributed by atoms with Crippen LogP contribution in [0.4, 0.5) is 0 Å². The second-order valence-electron chi connectivity index (χ2n) is 6.13. The molecule has 0 radical (unpaired) electrons. The summed E-state index contributed by atoms with van der Waals surface area (Å²) in [5, 5.41) is 5.17. The van der Waals surface area contributed by atoms with Gasteiger partial charge >= 0.3 is 0 Å². The molecule has 0 bridgehead atoms. The van der Waals surface area contributed by atoms with Crippen molar-refractivity contribution < 1.29 is 0 Å². The maximum absolute atomic E-state index is 2.60. The van der Waals surface area contributed by atoms with Crippen LogP contribution < -0.4 is 0 Å². The number of hydrogen-bond donors (Lipinski definition) is 0. The van der Waals surface area contributed by atoms with Crippen LogP contribution in [0.1, 0.15) is 40.0 Å². The van der Waals surface area contributed by atoms with E-state index in [1.54, 1.807) is 0 Å². The van der Waals surface area contributed by atoms with Crippen LogP contribution in [0.2, 0.25) is 0 Å². The minimum absolute atomic E-state index is 0.341. The highest BCUT2D eigenvalue weighted by Crippen LogP contribution is 2.18. The lowest BCUT2D eigenvalue weighted by molar-refractivity contribution is -0.0807. The Labute approximate surface area is 100 Å². The first-order valence-electron chi connectivity index (χ1n) is 6.82. The molecule has 2 saturated heterocycles. The van der Waals surface area contributed by atoms with Crippen molar-refractivity contribution >= 4 is 0 Å². The largest absolute Gasteiger partial charge is 0.296 e. The van der Waals surface area contributed by atoms with Gasteiger partial charge < -0.3 is 0 Å². The molecule has 2 aliphatic rings. The summed E-state index contributed by atoms with van der Waals surface area (Å²) in [7, 11) is 0. The first-order valence-corrected chi connectivity index (χ1v) is 6.82. The number of rotatable bonds is 1. The lowest BCUT2D eigenvalue weighted by Crippen LogP contribution is -2.58. The smallest absolute Gasteiger partial charge is 0.0262 e. The minimum atomic E-state index is 0.341. The molecule has 3 nitrogen and oxygen atoms in total. The molecule has 2 aliphatic heterocycles. The molecular weight excluding hydrogens is 198 g/mol. The van der Waals surface area contributed by atoms with Crippen LogP contribution >= 0.6 is 0 Å². The standard InChI is InChI=1S/C13H27N3/c1-13(2,3)14-9-11-16(12-10-14)15-7-5-4-6-8-15/h4-12H2,1-3H3. The maximum Gasteiger partial charge on any atom is 0.0262 e. The first-order chi connectivity index (χ1) is 7.57. The van der Waals surface area contributed by atoms with Crippen molar-refractivity contribution in [3.8, 4) is 0 Å². The zero-order valence-electron chi connectivity index (χ0n) is 11.2. The molecule has 2 rings (SSSR count). The van der Waals surface area contributed by atoms with Crippen LogP contribution in [0.5, 0.6) is 0 Å². The highest BCUT2D eigenvalue weighted by molar-refractivity contribution is 4.81. The molecule has 0 aromatic heterocycles. The van der Waals surface area contributed by atoms with Gasteiger partial charge in [-0.1, -0.05) is 6.42 Å². The lowest BCUT2D eigenvalue weighted by Gasteiger charge is -2.46. The van der Waals surface area contributed by atoms with Gasteiger partial charge in [-0.2, -0.15) is 0 Å². The van der Waals surface area contributed by atoms with Crippen LogP contribution in [0.15, 0.2) is 0 Å². The van der Waals surface area contributed by atoms with Gasteiger partial charge in [-0.15, -0.1) is 0 Å². The van der Waals surface area contributed by atoms with Crippen molar-refractivity contribution in [1.29, 1.82) is 0 Å². The van der Waals surface area contributed by atoms with E-state index in [1.165, 1.54) is 58.5 Å².